The fraction of sp³-hybridized carbons (Fsp3) is 0.250. The molecule has 1 aromatic heterocycles. The smallest absolute Gasteiger partial charge is 0.344 e. The van der Waals surface area contributed by atoms with Crippen LogP contribution < -0.4 is 9.47 Å². The zero-order chi connectivity index (χ0) is 21.4. The van der Waals surface area contributed by atoms with Gasteiger partial charge in [-0.3, -0.25) is 4.79 Å². The number of hydrogen-bond acceptors (Lipinski definition) is 5. The van der Waals surface area contributed by atoms with Crippen LogP contribution in [0, 0.1) is 6.92 Å². The van der Waals surface area contributed by atoms with Crippen molar-refractivity contribution in [3.05, 3.63) is 65.0 Å². The number of rotatable bonds is 5. The molecule has 0 fully saturated rings. The van der Waals surface area contributed by atoms with E-state index in [-0.39, 0.29) is 24.3 Å². The third-order valence-electron chi connectivity index (χ3n) is 4.96. The molecule has 0 radical (unpaired) electrons. The van der Waals surface area contributed by atoms with E-state index in [1.165, 1.54) is 0 Å². The highest BCUT2D eigenvalue weighted by molar-refractivity contribution is 6.15. The fourth-order valence-corrected chi connectivity index (χ4v) is 3.59. The highest BCUT2D eigenvalue weighted by atomic mass is 16.6. The van der Waals surface area contributed by atoms with E-state index in [0.717, 1.165) is 16.5 Å². The zero-order valence-corrected chi connectivity index (χ0v) is 17.4. The number of aryl methyl sites for hydroxylation is 1. The van der Waals surface area contributed by atoms with Crippen molar-refractivity contribution in [2.45, 2.75) is 26.9 Å². The lowest BCUT2D eigenvalue weighted by Crippen LogP contribution is -2.19. The summed E-state index contributed by atoms with van der Waals surface area (Å²) in [6.45, 7) is 5.16. The number of fused-ring (bicyclic) bond motifs is 2. The molecule has 3 aromatic rings. The van der Waals surface area contributed by atoms with Gasteiger partial charge in [0.2, 0.25) is 5.78 Å². The Morgan fingerprint density at radius 1 is 1.20 bits per heavy atom. The Labute approximate surface area is 174 Å². The predicted molar refractivity (Wildman–Crippen MR) is 114 cm³/mol. The molecule has 0 atom stereocenters. The molecule has 4 rings (SSSR count). The molecule has 0 N–H and O–H groups in total. The highest BCUT2D eigenvalue weighted by Crippen LogP contribution is 2.39. The van der Waals surface area contributed by atoms with Crippen molar-refractivity contribution in [2.75, 3.05) is 6.61 Å². The topological polar surface area (TPSA) is 66.8 Å². The molecule has 6 nitrogen and oxygen atoms in total. The minimum atomic E-state index is -0.446. The first-order valence-electron chi connectivity index (χ1n) is 9.79. The number of ether oxygens (including phenoxy) is 3. The molecule has 154 valence electrons. The van der Waals surface area contributed by atoms with Crippen molar-refractivity contribution in [1.29, 1.82) is 0 Å². The van der Waals surface area contributed by atoms with Crippen molar-refractivity contribution in [2.24, 2.45) is 7.05 Å². The maximum Gasteiger partial charge on any atom is 0.344 e. The van der Waals surface area contributed by atoms with Gasteiger partial charge in [0.1, 0.15) is 11.5 Å². The number of ketones is 1. The van der Waals surface area contributed by atoms with Gasteiger partial charge in [-0.25, -0.2) is 4.79 Å². The number of carbonyl (C=O) groups is 2. The molecule has 1 aliphatic rings. The molecule has 30 heavy (non-hydrogen) atoms. The number of esters is 1. The van der Waals surface area contributed by atoms with Crippen molar-refractivity contribution in [1.82, 2.24) is 4.57 Å². The summed E-state index contributed by atoms with van der Waals surface area (Å²) >= 11 is 0. The summed E-state index contributed by atoms with van der Waals surface area (Å²) in [4.78, 5) is 24.6. The molecule has 1 aliphatic heterocycles. The first-order chi connectivity index (χ1) is 14.3. The molecule has 2 aromatic carbocycles. The molecule has 0 unspecified atom stereocenters. The normalized spacial score (nSPS) is 14.3. The lowest BCUT2D eigenvalue weighted by Gasteiger charge is -2.12. The van der Waals surface area contributed by atoms with E-state index >= 15 is 0 Å². The van der Waals surface area contributed by atoms with Gasteiger partial charge in [0.05, 0.1) is 11.7 Å². The van der Waals surface area contributed by atoms with Gasteiger partial charge in [-0.05, 0) is 45.0 Å². The second-order valence-electron chi connectivity index (χ2n) is 7.54. The van der Waals surface area contributed by atoms with Crippen molar-refractivity contribution < 1.29 is 23.8 Å². The number of nitrogens with zero attached hydrogens (tertiary/aromatic N) is 1. The monoisotopic (exact) mass is 405 g/mol. The Hall–Kier alpha value is -3.54. The van der Waals surface area contributed by atoms with E-state index in [9.17, 15) is 9.59 Å². The summed E-state index contributed by atoms with van der Waals surface area (Å²) in [5, 5.41) is 1.05. The maximum absolute atomic E-state index is 12.9. The summed E-state index contributed by atoms with van der Waals surface area (Å²) in [5.41, 5.74) is 3.14. The van der Waals surface area contributed by atoms with E-state index in [1.807, 2.05) is 42.1 Å². The first-order valence-corrected chi connectivity index (χ1v) is 9.79. The van der Waals surface area contributed by atoms with E-state index in [4.69, 9.17) is 14.2 Å². The quantitative estimate of drug-likeness (QED) is 0.464. The number of para-hydroxylation sites is 1. The maximum atomic E-state index is 12.9. The number of aromatic nitrogens is 1. The molecule has 0 saturated carbocycles. The van der Waals surface area contributed by atoms with E-state index in [2.05, 4.69) is 0 Å². The van der Waals surface area contributed by atoms with Crippen LogP contribution in [-0.4, -0.2) is 29.0 Å². The van der Waals surface area contributed by atoms with Gasteiger partial charge in [0.25, 0.3) is 0 Å². The summed E-state index contributed by atoms with van der Waals surface area (Å²) in [6, 6.07) is 11.3. The molecule has 0 amide bonds. The third kappa shape index (κ3) is 3.56. The molecule has 2 heterocycles. The highest BCUT2D eigenvalue weighted by Gasteiger charge is 2.30. The lowest BCUT2D eigenvalue weighted by molar-refractivity contribution is -0.149. The molecular weight excluding hydrogens is 382 g/mol. The van der Waals surface area contributed by atoms with Gasteiger partial charge in [-0.1, -0.05) is 18.2 Å². The standard InChI is InChI=1S/C24H23NO5/c1-14(2)29-22(26)13-28-20-10-9-18-23(27)21(30-24(18)15(20)3)11-16-12-25(4)19-8-6-5-7-17(16)19/h5-12,14H,13H2,1-4H3/b21-11-. The van der Waals surface area contributed by atoms with Crippen molar-refractivity contribution in [3.63, 3.8) is 0 Å². The van der Waals surface area contributed by atoms with Crippen molar-refractivity contribution in [3.8, 4) is 11.5 Å². The number of hydrogen-bond donors (Lipinski definition) is 0. The Morgan fingerprint density at radius 3 is 2.73 bits per heavy atom. The van der Waals surface area contributed by atoms with Crippen LogP contribution in [0.1, 0.15) is 35.3 Å². The summed E-state index contributed by atoms with van der Waals surface area (Å²) in [7, 11) is 1.97. The van der Waals surface area contributed by atoms with Crippen LogP contribution in [-0.2, 0) is 16.6 Å². The Morgan fingerprint density at radius 2 is 1.97 bits per heavy atom. The van der Waals surface area contributed by atoms with Crippen LogP contribution in [0.5, 0.6) is 11.5 Å². The summed E-state index contributed by atoms with van der Waals surface area (Å²) in [5.74, 6) is 0.584. The third-order valence-corrected chi connectivity index (χ3v) is 4.96. The van der Waals surface area contributed by atoms with Crippen LogP contribution in [0.2, 0.25) is 0 Å². The molecular formula is C24H23NO5. The summed E-state index contributed by atoms with van der Waals surface area (Å²) < 4.78 is 18.6. The fourth-order valence-electron chi connectivity index (χ4n) is 3.59. The minimum absolute atomic E-state index is 0.174. The van der Waals surface area contributed by atoms with Gasteiger partial charge < -0.3 is 18.8 Å². The van der Waals surface area contributed by atoms with Gasteiger partial charge in [-0.15, -0.1) is 0 Å². The molecule has 0 spiro atoms. The number of carbonyl (C=O) groups excluding carboxylic acids is 2. The first kappa shape index (κ1) is 19.8. The zero-order valence-electron chi connectivity index (χ0n) is 17.4. The Kier molecular flexibility index (Phi) is 5.08. The second kappa shape index (κ2) is 7.71. The average molecular weight is 405 g/mol. The molecule has 0 saturated heterocycles. The van der Waals surface area contributed by atoms with Crippen LogP contribution in [0.4, 0.5) is 0 Å². The predicted octanol–water partition coefficient (Wildman–Crippen LogP) is 4.43. The molecule has 0 bridgehead atoms. The lowest BCUT2D eigenvalue weighted by atomic mass is 10.1. The van der Waals surface area contributed by atoms with Crippen LogP contribution >= 0.6 is 0 Å². The van der Waals surface area contributed by atoms with Crippen LogP contribution in [0.3, 0.4) is 0 Å². The minimum Gasteiger partial charge on any atom is -0.481 e. The van der Waals surface area contributed by atoms with Crippen LogP contribution in [0.15, 0.2) is 48.4 Å². The van der Waals surface area contributed by atoms with Crippen LogP contribution in [0.25, 0.3) is 17.0 Å². The van der Waals surface area contributed by atoms with E-state index in [1.54, 1.807) is 39.0 Å². The second-order valence-corrected chi connectivity index (χ2v) is 7.54. The van der Waals surface area contributed by atoms with Crippen molar-refractivity contribution >= 4 is 28.7 Å². The SMILES string of the molecule is Cc1c(OCC(=O)OC(C)C)ccc2c1O/C(=C\c1cn(C)c3ccccc13)C2=O. The molecule has 6 heteroatoms. The Bertz CT molecular complexity index is 1190. The Balaban J connectivity index is 1.60. The largest absolute Gasteiger partial charge is 0.481 e. The van der Waals surface area contributed by atoms with E-state index < -0.39 is 5.97 Å². The van der Waals surface area contributed by atoms with Gasteiger partial charge in [0, 0.05) is 35.3 Å². The van der Waals surface area contributed by atoms with Gasteiger partial charge in [-0.2, -0.15) is 0 Å². The number of allylic oxidation sites excluding steroid dienone is 1. The number of benzene rings is 2. The van der Waals surface area contributed by atoms with Gasteiger partial charge in [0.15, 0.2) is 12.4 Å². The molecule has 0 aliphatic carbocycles. The van der Waals surface area contributed by atoms with Gasteiger partial charge >= 0.3 is 5.97 Å². The number of Topliss-reactive ketones (excluding diaryl/α,β-unsaturated/α-hetero) is 1. The van der Waals surface area contributed by atoms with E-state index in [0.29, 0.717) is 22.6 Å². The summed E-state index contributed by atoms with van der Waals surface area (Å²) in [6.07, 6.45) is 3.54. The average Bonchev–Trinajstić information content (AvgIpc) is 3.19.